The zero-order valence-electron chi connectivity index (χ0n) is 20.5. The molecule has 1 unspecified atom stereocenters. The minimum atomic E-state index is -1.21. The maximum Gasteiger partial charge on any atom is 0.337 e. The van der Waals surface area contributed by atoms with E-state index in [1.165, 1.54) is 13.3 Å². The first kappa shape index (κ1) is 24.9. The van der Waals surface area contributed by atoms with Gasteiger partial charge in [-0.15, -0.1) is 0 Å². The number of hydrogen-bond acceptors (Lipinski definition) is 6. The molecule has 0 amide bonds. The van der Waals surface area contributed by atoms with Crippen molar-refractivity contribution in [3.8, 4) is 16.9 Å². The molecule has 1 aliphatic heterocycles. The van der Waals surface area contributed by atoms with E-state index < -0.39 is 23.6 Å². The fourth-order valence-corrected chi connectivity index (χ4v) is 4.11. The molecule has 0 saturated carbocycles. The van der Waals surface area contributed by atoms with Gasteiger partial charge in [0, 0.05) is 47.9 Å². The highest BCUT2D eigenvalue weighted by atomic mass is 19.1. The molecule has 3 rings (SSSR count). The number of aryl methyl sites for hydroxylation is 1. The van der Waals surface area contributed by atoms with Crippen LogP contribution in [-0.4, -0.2) is 46.8 Å². The summed E-state index contributed by atoms with van der Waals surface area (Å²) in [7, 11) is 1.38. The van der Waals surface area contributed by atoms with Crippen molar-refractivity contribution in [2.45, 2.75) is 66.1 Å². The lowest BCUT2D eigenvalue weighted by Crippen LogP contribution is -2.39. The summed E-state index contributed by atoms with van der Waals surface area (Å²) in [6.07, 6.45) is 3.81. The second kappa shape index (κ2) is 9.25. The van der Waals surface area contributed by atoms with Crippen LogP contribution < -0.4 is 9.64 Å². The van der Waals surface area contributed by atoms with Crippen molar-refractivity contribution in [2.75, 3.05) is 25.1 Å². The Bertz CT molecular complexity index is 1020. The summed E-state index contributed by atoms with van der Waals surface area (Å²) in [5.41, 5.74) is 2.62. The van der Waals surface area contributed by atoms with Gasteiger partial charge in [-0.3, -0.25) is 4.98 Å². The van der Waals surface area contributed by atoms with Crippen molar-refractivity contribution >= 4 is 11.7 Å². The van der Waals surface area contributed by atoms with Gasteiger partial charge in [-0.05, 0) is 52.0 Å². The Morgan fingerprint density at radius 3 is 2.39 bits per heavy atom. The van der Waals surface area contributed by atoms with Crippen LogP contribution >= 0.6 is 0 Å². The lowest BCUT2D eigenvalue weighted by Gasteiger charge is -2.40. The first-order valence-electron chi connectivity index (χ1n) is 11.2. The monoisotopic (exact) mass is 459 g/mol. The highest BCUT2D eigenvalue weighted by Crippen LogP contribution is 2.43. The van der Waals surface area contributed by atoms with E-state index in [2.05, 4.69) is 28.7 Å². The number of aliphatic carboxylic acids is 1. The number of nitrogens with zero attached hydrogens (tertiary/aromatic N) is 3. The molecule has 180 valence electrons. The second-order valence-corrected chi connectivity index (χ2v) is 10.3. The Morgan fingerprint density at radius 1 is 1.21 bits per heavy atom. The Labute approximate surface area is 195 Å². The first-order valence-corrected chi connectivity index (χ1v) is 11.2. The van der Waals surface area contributed by atoms with Crippen LogP contribution in [-0.2, 0) is 9.53 Å². The number of aromatic nitrogens is 2. The number of hydrogen-bond donors (Lipinski definition) is 1. The average Bonchev–Trinajstić information content (AvgIpc) is 2.72. The standard InChI is InChI=1S/C25H34FN3O4/c1-15-19(21(23(30)31)33-24(2,3)4)20(29-10-8-25(5,6)9-11-29)17(14-27-15)16-12-18(32-7)22(26)28-13-16/h12-14,21H,8-11H2,1-7H3,(H,30,31). The van der Waals surface area contributed by atoms with E-state index >= 15 is 0 Å². The van der Waals surface area contributed by atoms with Crippen LogP contribution in [0.3, 0.4) is 0 Å². The van der Waals surface area contributed by atoms with Crippen molar-refractivity contribution in [2.24, 2.45) is 5.41 Å². The zero-order valence-corrected chi connectivity index (χ0v) is 20.5. The number of pyridine rings is 2. The van der Waals surface area contributed by atoms with Crippen LogP contribution in [0.25, 0.3) is 11.1 Å². The van der Waals surface area contributed by atoms with Crippen LogP contribution in [0.5, 0.6) is 5.75 Å². The van der Waals surface area contributed by atoms with Crippen molar-refractivity contribution in [1.82, 2.24) is 9.97 Å². The molecule has 1 N–H and O–H groups in total. The third kappa shape index (κ3) is 5.61. The number of carboxylic acids is 1. The molecular formula is C25H34FN3O4. The Morgan fingerprint density at radius 2 is 1.85 bits per heavy atom. The van der Waals surface area contributed by atoms with E-state index in [-0.39, 0.29) is 11.2 Å². The molecule has 0 aliphatic carbocycles. The molecule has 2 aromatic rings. The Hall–Kier alpha value is -2.74. The summed E-state index contributed by atoms with van der Waals surface area (Å²) >= 11 is 0. The lowest BCUT2D eigenvalue weighted by molar-refractivity contribution is -0.160. The van der Waals surface area contributed by atoms with Gasteiger partial charge >= 0.3 is 5.97 Å². The number of anilines is 1. The number of piperidine rings is 1. The summed E-state index contributed by atoms with van der Waals surface area (Å²) in [5, 5.41) is 10.1. The van der Waals surface area contributed by atoms with E-state index in [0.29, 0.717) is 22.4 Å². The summed E-state index contributed by atoms with van der Waals surface area (Å²) in [6, 6.07) is 1.57. The van der Waals surface area contributed by atoms with E-state index in [1.807, 2.05) is 20.8 Å². The predicted molar refractivity (Wildman–Crippen MR) is 125 cm³/mol. The fourth-order valence-electron chi connectivity index (χ4n) is 4.11. The Balaban J connectivity index is 2.26. The van der Waals surface area contributed by atoms with Gasteiger partial charge in [0.1, 0.15) is 0 Å². The lowest BCUT2D eigenvalue weighted by atomic mass is 9.82. The number of carboxylic acid groups (broad SMARTS) is 1. The first-order chi connectivity index (χ1) is 15.3. The third-order valence-electron chi connectivity index (χ3n) is 6.02. The highest BCUT2D eigenvalue weighted by molar-refractivity contribution is 5.86. The van der Waals surface area contributed by atoms with Gasteiger partial charge in [-0.2, -0.15) is 4.39 Å². The number of halogens is 1. The minimum absolute atomic E-state index is 0.0149. The largest absolute Gasteiger partial charge is 0.492 e. The molecule has 1 aliphatic rings. The normalized spacial score (nSPS) is 17.0. The highest BCUT2D eigenvalue weighted by Gasteiger charge is 2.35. The van der Waals surface area contributed by atoms with Gasteiger partial charge in [0.25, 0.3) is 5.95 Å². The van der Waals surface area contributed by atoms with Gasteiger partial charge in [-0.1, -0.05) is 13.8 Å². The molecule has 0 bridgehead atoms. The molecule has 3 heterocycles. The van der Waals surface area contributed by atoms with Crippen LogP contribution in [0.1, 0.15) is 64.8 Å². The molecular weight excluding hydrogens is 425 g/mol. The molecule has 7 nitrogen and oxygen atoms in total. The van der Waals surface area contributed by atoms with Crippen LogP contribution in [0.15, 0.2) is 18.5 Å². The molecule has 1 fully saturated rings. The molecule has 1 saturated heterocycles. The van der Waals surface area contributed by atoms with Crippen molar-refractivity contribution < 1.29 is 23.8 Å². The van der Waals surface area contributed by atoms with E-state index in [0.717, 1.165) is 31.6 Å². The second-order valence-electron chi connectivity index (χ2n) is 10.3. The smallest absolute Gasteiger partial charge is 0.337 e. The quantitative estimate of drug-likeness (QED) is 0.597. The summed E-state index contributed by atoms with van der Waals surface area (Å²) in [4.78, 5) is 23.0. The molecule has 0 spiro atoms. The molecule has 1 atom stereocenters. The van der Waals surface area contributed by atoms with Gasteiger partial charge in [0.05, 0.1) is 18.4 Å². The van der Waals surface area contributed by atoms with Crippen LogP contribution in [0.2, 0.25) is 0 Å². The Kier molecular flexibility index (Phi) is 6.98. The van der Waals surface area contributed by atoms with Gasteiger partial charge in [-0.25, -0.2) is 9.78 Å². The number of ether oxygens (including phenoxy) is 2. The minimum Gasteiger partial charge on any atom is -0.492 e. The van der Waals surface area contributed by atoms with Crippen molar-refractivity contribution in [3.63, 3.8) is 0 Å². The van der Waals surface area contributed by atoms with Crippen molar-refractivity contribution in [3.05, 3.63) is 35.7 Å². The van der Waals surface area contributed by atoms with Gasteiger partial charge in [0.2, 0.25) is 0 Å². The molecule has 8 heteroatoms. The molecule has 33 heavy (non-hydrogen) atoms. The number of carbonyl (C=O) groups is 1. The summed E-state index contributed by atoms with van der Waals surface area (Å²) in [6.45, 7) is 13.3. The SMILES string of the molecule is COc1cc(-c2cnc(C)c(C(OC(C)(C)C)C(=O)O)c2N2CCC(C)(C)CC2)cnc1F. The van der Waals surface area contributed by atoms with E-state index in [4.69, 9.17) is 9.47 Å². The molecule has 0 radical (unpaired) electrons. The predicted octanol–water partition coefficient (Wildman–Crippen LogP) is 5.17. The topological polar surface area (TPSA) is 84.8 Å². The maximum absolute atomic E-state index is 14.0. The van der Waals surface area contributed by atoms with Crippen LogP contribution in [0.4, 0.5) is 10.1 Å². The molecule has 0 aromatic carbocycles. The van der Waals surface area contributed by atoms with Crippen molar-refractivity contribution in [1.29, 1.82) is 0 Å². The maximum atomic E-state index is 14.0. The summed E-state index contributed by atoms with van der Waals surface area (Å²) < 4.78 is 25.2. The zero-order chi connectivity index (χ0) is 24.6. The fraction of sp³-hybridized carbons (Fsp3) is 0.560. The van der Waals surface area contributed by atoms with E-state index in [1.54, 1.807) is 19.2 Å². The summed E-state index contributed by atoms with van der Waals surface area (Å²) in [5.74, 6) is -1.77. The number of rotatable bonds is 6. The third-order valence-corrected chi connectivity index (χ3v) is 6.02. The van der Waals surface area contributed by atoms with Gasteiger partial charge in [0.15, 0.2) is 11.9 Å². The van der Waals surface area contributed by atoms with Gasteiger partial charge < -0.3 is 19.5 Å². The number of methoxy groups -OCH3 is 1. The van der Waals surface area contributed by atoms with Crippen LogP contribution in [0, 0.1) is 18.3 Å². The van der Waals surface area contributed by atoms with E-state index in [9.17, 15) is 14.3 Å². The average molecular weight is 460 g/mol. The molecule has 2 aromatic heterocycles.